The molecule has 0 aliphatic heterocycles. The lowest BCUT2D eigenvalue weighted by Gasteiger charge is -2.05. The minimum atomic E-state index is -0.690. The van der Waals surface area contributed by atoms with Gasteiger partial charge in [-0.05, 0) is 34.1 Å². The summed E-state index contributed by atoms with van der Waals surface area (Å²) in [6.45, 7) is 0. The minimum Gasteiger partial charge on any atom is -0.369 e. The molecule has 0 saturated carbocycles. The van der Waals surface area contributed by atoms with Crippen molar-refractivity contribution in [2.24, 2.45) is 0 Å². The molecule has 88 valence electrons. The summed E-state index contributed by atoms with van der Waals surface area (Å²) in [5.74, 6) is -1.49. The number of nitrogens with zero attached hydrogens (tertiary/aromatic N) is 1. The van der Waals surface area contributed by atoms with Gasteiger partial charge in [-0.3, -0.25) is 9.78 Å². The number of aromatic amines is 1. The summed E-state index contributed by atoms with van der Waals surface area (Å²) in [5.41, 5.74) is 4.62. The SMILES string of the molecule is Nc1nc(-c2cc(F)ccc2F)c(Br)c(=O)[nH]1. The van der Waals surface area contributed by atoms with Crippen molar-refractivity contribution in [1.82, 2.24) is 9.97 Å². The first-order chi connectivity index (χ1) is 7.99. The first-order valence-corrected chi connectivity index (χ1v) is 5.29. The van der Waals surface area contributed by atoms with E-state index in [1.54, 1.807) is 0 Å². The summed E-state index contributed by atoms with van der Waals surface area (Å²) in [6.07, 6.45) is 0. The fourth-order valence-corrected chi connectivity index (χ4v) is 1.74. The van der Waals surface area contributed by atoms with Crippen molar-refractivity contribution < 1.29 is 8.78 Å². The third-order valence-electron chi connectivity index (χ3n) is 2.06. The zero-order chi connectivity index (χ0) is 12.6. The highest BCUT2D eigenvalue weighted by molar-refractivity contribution is 9.10. The normalized spacial score (nSPS) is 10.5. The third-order valence-corrected chi connectivity index (χ3v) is 2.80. The molecule has 3 N–H and O–H groups in total. The second-order valence-corrected chi connectivity index (χ2v) is 4.03. The van der Waals surface area contributed by atoms with E-state index in [0.717, 1.165) is 18.2 Å². The van der Waals surface area contributed by atoms with Gasteiger partial charge in [0.2, 0.25) is 5.95 Å². The smallest absolute Gasteiger partial charge is 0.267 e. The first-order valence-electron chi connectivity index (χ1n) is 4.49. The Labute approximate surface area is 103 Å². The van der Waals surface area contributed by atoms with Gasteiger partial charge in [0.1, 0.15) is 16.1 Å². The average Bonchev–Trinajstić information content (AvgIpc) is 2.27. The van der Waals surface area contributed by atoms with Crippen molar-refractivity contribution in [3.8, 4) is 11.3 Å². The lowest BCUT2D eigenvalue weighted by molar-refractivity contribution is 0.602. The number of H-pyrrole nitrogens is 1. The molecule has 0 radical (unpaired) electrons. The highest BCUT2D eigenvalue weighted by Gasteiger charge is 2.14. The Morgan fingerprint density at radius 1 is 1.35 bits per heavy atom. The van der Waals surface area contributed by atoms with Gasteiger partial charge in [-0.2, -0.15) is 0 Å². The number of hydrogen-bond acceptors (Lipinski definition) is 3. The molecular weight excluding hydrogens is 296 g/mol. The maximum Gasteiger partial charge on any atom is 0.267 e. The monoisotopic (exact) mass is 301 g/mol. The molecule has 0 atom stereocenters. The molecule has 4 nitrogen and oxygen atoms in total. The number of halogens is 3. The van der Waals surface area contributed by atoms with E-state index in [9.17, 15) is 13.6 Å². The first kappa shape index (κ1) is 11.7. The fourth-order valence-electron chi connectivity index (χ4n) is 1.33. The van der Waals surface area contributed by atoms with Crippen LogP contribution in [0.5, 0.6) is 0 Å². The Hall–Kier alpha value is -1.76. The van der Waals surface area contributed by atoms with Crippen LogP contribution in [0.3, 0.4) is 0 Å². The summed E-state index contributed by atoms with van der Waals surface area (Å²) < 4.78 is 26.6. The zero-order valence-electron chi connectivity index (χ0n) is 8.30. The van der Waals surface area contributed by atoms with Crippen LogP contribution in [0.25, 0.3) is 11.3 Å². The Morgan fingerprint density at radius 3 is 2.76 bits per heavy atom. The van der Waals surface area contributed by atoms with E-state index in [2.05, 4.69) is 25.9 Å². The molecule has 0 aliphatic rings. The number of nitrogens with one attached hydrogen (secondary N) is 1. The molecule has 0 spiro atoms. The van der Waals surface area contributed by atoms with E-state index in [1.807, 2.05) is 0 Å². The molecular formula is C10H6BrF2N3O. The number of hydrogen-bond donors (Lipinski definition) is 2. The van der Waals surface area contributed by atoms with Crippen LogP contribution < -0.4 is 11.3 Å². The van der Waals surface area contributed by atoms with Crippen LogP contribution in [0.4, 0.5) is 14.7 Å². The molecule has 1 aromatic heterocycles. The van der Waals surface area contributed by atoms with Crippen LogP contribution in [-0.2, 0) is 0 Å². The van der Waals surface area contributed by atoms with Gasteiger partial charge < -0.3 is 5.73 Å². The number of anilines is 1. The molecule has 0 aliphatic carbocycles. The zero-order valence-corrected chi connectivity index (χ0v) is 9.88. The molecule has 2 aromatic rings. The standard InChI is InChI=1S/C10H6BrF2N3O/c11-7-8(15-10(14)16-9(7)17)5-3-4(12)1-2-6(5)13/h1-3H,(H3,14,15,16,17). The number of rotatable bonds is 1. The van der Waals surface area contributed by atoms with Crippen molar-refractivity contribution in [2.45, 2.75) is 0 Å². The fraction of sp³-hybridized carbons (Fsp3) is 0. The molecule has 0 saturated heterocycles. The molecule has 0 bridgehead atoms. The van der Waals surface area contributed by atoms with Gasteiger partial charge in [-0.15, -0.1) is 0 Å². The van der Waals surface area contributed by atoms with E-state index in [0.29, 0.717) is 0 Å². The predicted molar refractivity (Wildman–Crippen MR) is 62.3 cm³/mol. The number of aromatic nitrogens is 2. The molecule has 1 heterocycles. The van der Waals surface area contributed by atoms with Crippen LogP contribution in [-0.4, -0.2) is 9.97 Å². The Morgan fingerprint density at radius 2 is 2.06 bits per heavy atom. The second kappa shape index (κ2) is 4.25. The largest absolute Gasteiger partial charge is 0.369 e. The molecule has 2 rings (SSSR count). The highest BCUT2D eigenvalue weighted by Crippen LogP contribution is 2.26. The maximum absolute atomic E-state index is 13.5. The number of nitrogen functional groups attached to an aromatic ring is 1. The Balaban J connectivity index is 2.76. The molecule has 17 heavy (non-hydrogen) atoms. The molecule has 0 fully saturated rings. The van der Waals surface area contributed by atoms with Gasteiger partial charge in [0, 0.05) is 5.56 Å². The maximum atomic E-state index is 13.5. The van der Waals surface area contributed by atoms with E-state index >= 15 is 0 Å². The van der Waals surface area contributed by atoms with Crippen LogP contribution >= 0.6 is 15.9 Å². The van der Waals surface area contributed by atoms with Crippen molar-refractivity contribution in [3.63, 3.8) is 0 Å². The minimum absolute atomic E-state index is 0.00352. The van der Waals surface area contributed by atoms with Gasteiger partial charge in [0.25, 0.3) is 5.56 Å². The van der Waals surface area contributed by atoms with Crippen LogP contribution in [0.15, 0.2) is 27.5 Å². The molecule has 0 unspecified atom stereocenters. The van der Waals surface area contributed by atoms with Gasteiger partial charge in [-0.1, -0.05) is 0 Å². The summed E-state index contributed by atoms with van der Waals surface area (Å²) in [7, 11) is 0. The molecule has 1 aromatic carbocycles. The predicted octanol–water partition coefficient (Wildman–Crippen LogP) is 2.06. The van der Waals surface area contributed by atoms with Crippen LogP contribution in [0.2, 0.25) is 0 Å². The molecule has 7 heteroatoms. The van der Waals surface area contributed by atoms with Crippen molar-refractivity contribution in [3.05, 3.63) is 44.7 Å². The van der Waals surface area contributed by atoms with Crippen LogP contribution in [0.1, 0.15) is 0 Å². The van der Waals surface area contributed by atoms with E-state index in [1.165, 1.54) is 0 Å². The van der Waals surface area contributed by atoms with Gasteiger partial charge in [0.15, 0.2) is 0 Å². The van der Waals surface area contributed by atoms with Crippen molar-refractivity contribution >= 4 is 21.9 Å². The van der Waals surface area contributed by atoms with Crippen molar-refractivity contribution in [1.29, 1.82) is 0 Å². The van der Waals surface area contributed by atoms with Gasteiger partial charge in [0.05, 0.1) is 5.69 Å². The summed E-state index contributed by atoms with van der Waals surface area (Å²) in [5, 5.41) is 0. The average molecular weight is 302 g/mol. The van der Waals surface area contributed by atoms with Crippen LogP contribution in [0, 0.1) is 11.6 Å². The lowest BCUT2D eigenvalue weighted by Crippen LogP contribution is -2.13. The third kappa shape index (κ3) is 2.19. The highest BCUT2D eigenvalue weighted by atomic mass is 79.9. The molecule has 0 amide bonds. The number of nitrogens with two attached hydrogens (primary N) is 1. The Bertz CT molecular complexity index is 642. The summed E-state index contributed by atoms with van der Waals surface area (Å²) in [6, 6.07) is 2.88. The Kier molecular flexibility index (Phi) is 2.93. The van der Waals surface area contributed by atoms with Crippen molar-refractivity contribution in [2.75, 3.05) is 5.73 Å². The van der Waals surface area contributed by atoms with E-state index in [-0.39, 0.29) is 21.7 Å². The van der Waals surface area contributed by atoms with E-state index < -0.39 is 17.2 Å². The topological polar surface area (TPSA) is 71.8 Å². The summed E-state index contributed by atoms with van der Waals surface area (Å²) >= 11 is 2.96. The summed E-state index contributed by atoms with van der Waals surface area (Å²) in [4.78, 5) is 17.4. The lowest BCUT2D eigenvalue weighted by atomic mass is 10.1. The quantitative estimate of drug-likeness (QED) is 0.847. The van der Waals surface area contributed by atoms with Gasteiger partial charge in [-0.25, -0.2) is 13.8 Å². The number of benzene rings is 1. The second-order valence-electron chi connectivity index (χ2n) is 3.24. The van der Waals surface area contributed by atoms with Gasteiger partial charge >= 0.3 is 0 Å². The van der Waals surface area contributed by atoms with E-state index in [4.69, 9.17) is 5.73 Å².